The van der Waals surface area contributed by atoms with Gasteiger partial charge in [0.1, 0.15) is 0 Å². The summed E-state index contributed by atoms with van der Waals surface area (Å²) >= 11 is 6.32. The molecule has 4 rings (SSSR count). The molecular weight excluding hydrogens is 362 g/mol. The summed E-state index contributed by atoms with van der Waals surface area (Å²) in [6.45, 7) is 3.93. The molecule has 0 aliphatic carbocycles. The second kappa shape index (κ2) is 6.85. The number of nitrogens with one attached hydrogen (secondary N) is 1. The molecule has 5 nitrogen and oxygen atoms in total. The Labute approximate surface area is 161 Å². The van der Waals surface area contributed by atoms with Gasteiger partial charge in [0.15, 0.2) is 11.2 Å². The number of halogens is 1. The van der Waals surface area contributed by atoms with E-state index in [0.717, 1.165) is 11.1 Å². The summed E-state index contributed by atoms with van der Waals surface area (Å²) in [6, 6.07) is 14.5. The van der Waals surface area contributed by atoms with Gasteiger partial charge in [0.25, 0.3) is 5.91 Å². The molecule has 134 valence electrons. The molecule has 4 aromatic rings. The predicted molar refractivity (Wildman–Crippen MR) is 106 cm³/mol. The van der Waals surface area contributed by atoms with Gasteiger partial charge >= 0.3 is 0 Å². The minimum absolute atomic E-state index is 0.186. The molecule has 0 spiro atoms. The van der Waals surface area contributed by atoms with Gasteiger partial charge in [-0.2, -0.15) is 4.98 Å². The van der Waals surface area contributed by atoms with E-state index in [1.165, 1.54) is 0 Å². The standard InChI is InChI=1S/C21H16ClN3O2/c1-12-8-13(2)10-14(9-12)20(26)24-15-5-6-17(22)16(11-15)21-25-19-18(27-21)4-3-7-23-19/h3-11H,1-2H3,(H,24,26). The summed E-state index contributed by atoms with van der Waals surface area (Å²) in [5.41, 5.74) is 4.96. The molecule has 0 saturated heterocycles. The van der Waals surface area contributed by atoms with Gasteiger partial charge < -0.3 is 9.73 Å². The summed E-state index contributed by atoms with van der Waals surface area (Å²) in [4.78, 5) is 21.1. The molecule has 27 heavy (non-hydrogen) atoms. The van der Waals surface area contributed by atoms with E-state index in [1.807, 2.05) is 32.0 Å². The maximum Gasteiger partial charge on any atom is 0.255 e. The number of hydrogen-bond donors (Lipinski definition) is 1. The number of anilines is 1. The van der Waals surface area contributed by atoms with Gasteiger partial charge in [0.2, 0.25) is 5.89 Å². The smallest absolute Gasteiger partial charge is 0.255 e. The molecule has 1 amide bonds. The highest BCUT2D eigenvalue weighted by atomic mass is 35.5. The maximum absolute atomic E-state index is 12.6. The number of nitrogens with zero attached hydrogens (tertiary/aromatic N) is 2. The number of carbonyl (C=O) groups excluding carboxylic acids is 1. The lowest BCUT2D eigenvalue weighted by atomic mass is 10.1. The van der Waals surface area contributed by atoms with Crippen molar-refractivity contribution < 1.29 is 9.21 Å². The molecule has 0 aliphatic heterocycles. The van der Waals surface area contributed by atoms with Crippen LogP contribution in [-0.4, -0.2) is 15.9 Å². The van der Waals surface area contributed by atoms with Crippen molar-refractivity contribution in [2.24, 2.45) is 0 Å². The lowest BCUT2D eigenvalue weighted by Crippen LogP contribution is -2.12. The number of pyridine rings is 1. The van der Waals surface area contributed by atoms with E-state index in [9.17, 15) is 4.79 Å². The number of carbonyl (C=O) groups is 1. The number of benzene rings is 2. The van der Waals surface area contributed by atoms with Gasteiger partial charge in [0.05, 0.1) is 10.6 Å². The molecule has 0 aliphatic rings. The first kappa shape index (κ1) is 17.2. The fraction of sp³-hybridized carbons (Fsp3) is 0.0952. The van der Waals surface area contributed by atoms with Crippen molar-refractivity contribution in [3.05, 3.63) is 76.4 Å². The van der Waals surface area contributed by atoms with Crippen molar-refractivity contribution >= 4 is 34.4 Å². The average molecular weight is 378 g/mol. The molecule has 0 saturated carbocycles. The van der Waals surface area contributed by atoms with Crippen molar-refractivity contribution in [2.75, 3.05) is 5.32 Å². The zero-order chi connectivity index (χ0) is 19.0. The zero-order valence-corrected chi connectivity index (χ0v) is 15.5. The Bertz CT molecular complexity index is 1110. The van der Waals surface area contributed by atoms with Gasteiger partial charge in [-0.3, -0.25) is 4.79 Å². The Balaban J connectivity index is 1.66. The van der Waals surface area contributed by atoms with Crippen LogP contribution in [-0.2, 0) is 0 Å². The quantitative estimate of drug-likeness (QED) is 0.518. The Morgan fingerprint density at radius 3 is 2.59 bits per heavy atom. The molecule has 2 aromatic carbocycles. The van der Waals surface area contributed by atoms with Crippen LogP contribution in [0.3, 0.4) is 0 Å². The molecule has 0 bridgehead atoms. The molecule has 0 fully saturated rings. The van der Waals surface area contributed by atoms with E-state index in [2.05, 4.69) is 15.3 Å². The number of fused-ring (bicyclic) bond motifs is 1. The van der Waals surface area contributed by atoms with Gasteiger partial charge in [-0.25, -0.2) is 4.98 Å². The van der Waals surface area contributed by atoms with E-state index in [0.29, 0.717) is 39.0 Å². The van der Waals surface area contributed by atoms with E-state index >= 15 is 0 Å². The van der Waals surface area contributed by atoms with Crippen LogP contribution in [0.4, 0.5) is 5.69 Å². The fourth-order valence-corrected chi connectivity index (χ4v) is 3.16. The lowest BCUT2D eigenvalue weighted by Gasteiger charge is -2.09. The maximum atomic E-state index is 12.6. The van der Waals surface area contributed by atoms with Gasteiger partial charge in [-0.05, 0) is 56.3 Å². The van der Waals surface area contributed by atoms with Crippen molar-refractivity contribution in [3.63, 3.8) is 0 Å². The average Bonchev–Trinajstić information content (AvgIpc) is 3.06. The molecule has 2 aromatic heterocycles. The van der Waals surface area contributed by atoms with Gasteiger partial charge in [-0.1, -0.05) is 28.8 Å². The number of rotatable bonds is 3. The minimum atomic E-state index is -0.186. The fourth-order valence-electron chi connectivity index (χ4n) is 2.96. The Morgan fingerprint density at radius 1 is 1.07 bits per heavy atom. The van der Waals surface area contributed by atoms with Crippen LogP contribution in [0.2, 0.25) is 5.02 Å². The summed E-state index contributed by atoms with van der Waals surface area (Å²) in [5, 5.41) is 3.38. The van der Waals surface area contributed by atoms with E-state index < -0.39 is 0 Å². The summed E-state index contributed by atoms with van der Waals surface area (Å²) < 4.78 is 5.74. The molecule has 0 radical (unpaired) electrons. The highest BCUT2D eigenvalue weighted by Crippen LogP contribution is 2.32. The van der Waals surface area contributed by atoms with Crippen molar-refractivity contribution in [2.45, 2.75) is 13.8 Å². The number of hydrogen-bond acceptors (Lipinski definition) is 4. The van der Waals surface area contributed by atoms with Crippen molar-refractivity contribution in [1.82, 2.24) is 9.97 Å². The predicted octanol–water partition coefficient (Wildman–Crippen LogP) is 5.41. The van der Waals surface area contributed by atoms with Crippen LogP contribution < -0.4 is 5.32 Å². The monoisotopic (exact) mass is 377 g/mol. The third-order valence-electron chi connectivity index (χ3n) is 4.10. The summed E-state index contributed by atoms with van der Waals surface area (Å²) in [6.07, 6.45) is 1.65. The van der Waals surface area contributed by atoms with Crippen LogP contribution >= 0.6 is 11.6 Å². The lowest BCUT2D eigenvalue weighted by molar-refractivity contribution is 0.102. The molecule has 6 heteroatoms. The van der Waals surface area contributed by atoms with Crippen molar-refractivity contribution in [1.29, 1.82) is 0 Å². The minimum Gasteiger partial charge on any atom is -0.434 e. The zero-order valence-electron chi connectivity index (χ0n) is 14.8. The first-order chi connectivity index (χ1) is 13.0. The second-order valence-electron chi connectivity index (χ2n) is 6.37. The molecule has 1 N–H and O–H groups in total. The number of amides is 1. The third kappa shape index (κ3) is 3.55. The Kier molecular flexibility index (Phi) is 4.38. The normalized spacial score (nSPS) is 10.9. The van der Waals surface area contributed by atoms with Crippen LogP contribution in [0, 0.1) is 13.8 Å². The SMILES string of the molecule is Cc1cc(C)cc(C(=O)Nc2ccc(Cl)c(-c3nc4ncccc4o3)c2)c1. The molecule has 0 atom stereocenters. The number of aryl methyl sites for hydroxylation is 2. The van der Waals surface area contributed by atoms with E-state index in [-0.39, 0.29) is 5.91 Å². The molecular formula is C21H16ClN3O2. The highest BCUT2D eigenvalue weighted by molar-refractivity contribution is 6.33. The van der Waals surface area contributed by atoms with Gasteiger partial charge in [0, 0.05) is 17.4 Å². The second-order valence-corrected chi connectivity index (χ2v) is 6.78. The van der Waals surface area contributed by atoms with E-state index in [1.54, 1.807) is 36.5 Å². The Hall–Kier alpha value is -3.18. The van der Waals surface area contributed by atoms with E-state index in [4.69, 9.17) is 16.0 Å². The molecule has 0 unspecified atom stereocenters. The molecule has 2 heterocycles. The largest absolute Gasteiger partial charge is 0.434 e. The number of aromatic nitrogens is 2. The van der Waals surface area contributed by atoms with Gasteiger partial charge in [-0.15, -0.1) is 0 Å². The third-order valence-corrected chi connectivity index (χ3v) is 4.43. The highest BCUT2D eigenvalue weighted by Gasteiger charge is 2.14. The van der Waals surface area contributed by atoms with Crippen LogP contribution in [0.5, 0.6) is 0 Å². The van der Waals surface area contributed by atoms with Crippen molar-refractivity contribution in [3.8, 4) is 11.5 Å². The topological polar surface area (TPSA) is 68.0 Å². The Morgan fingerprint density at radius 2 is 1.85 bits per heavy atom. The number of oxazole rings is 1. The first-order valence-electron chi connectivity index (χ1n) is 8.41. The van der Waals surface area contributed by atoms with Crippen LogP contribution in [0.1, 0.15) is 21.5 Å². The first-order valence-corrected chi connectivity index (χ1v) is 8.78. The summed E-state index contributed by atoms with van der Waals surface area (Å²) in [5.74, 6) is 0.172. The van der Waals surface area contributed by atoms with Crippen LogP contribution in [0.15, 0.2) is 59.1 Å². The van der Waals surface area contributed by atoms with Crippen LogP contribution in [0.25, 0.3) is 22.7 Å². The summed E-state index contributed by atoms with van der Waals surface area (Å²) in [7, 11) is 0.